The van der Waals surface area contributed by atoms with Gasteiger partial charge in [0.05, 0.1) is 5.75 Å². The van der Waals surface area contributed by atoms with Crippen LogP contribution in [0.1, 0.15) is 38.5 Å². The second-order valence-electron chi connectivity index (χ2n) is 5.28. The Labute approximate surface area is 105 Å². The van der Waals surface area contributed by atoms with Gasteiger partial charge in [-0.25, -0.2) is 8.42 Å². The second-order valence-corrected chi connectivity index (χ2v) is 7.33. The van der Waals surface area contributed by atoms with Crippen LogP contribution in [0.3, 0.4) is 0 Å². The molecule has 17 heavy (non-hydrogen) atoms. The van der Waals surface area contributed by atoms with Gasteiger partial charge in [-0.3, -0.25) is 0 Å². The smallest absolute Gasteiger partial charge is 0.215 e. The van der Waals surface area contributed by atoms with E-state index in [-0.39, 0.29) is 5.75 Å². The van der Waals surface area contributed by atoms with Crippen LogP contribution in [0.4, 0.5) is 0 Å². The SMILES string of the molecule is CNCCS(=O)(=O)N1CCC[C@H]2CCCC[C@H]21. The monoisotopic (exact) mass is 260 g/mol. The Kier molecular flexibility index (Phi) is 4.44. The molecule has 0 aromatic carbocycles. The number of sulfonamides is 1. The Morgan fingerprint density at radius 3 is 2.65 bits per heavy atom. The van der Waals surface area contributed by atoms with Gasteiger partial charge in [0.25, 0.3) is 0 Å². The fourth-order valence-corrected chi connectivity index (χ4v) is 5.07. The molecule has 1 N–H and O–H groups in total. The van der Waals surface area contributed by atoms with Crippen LogP contribution < -0.4 is 5.32 Å². The van der Waals surface area contributed by atoms with Crippen LogP contribution in [0.2, 0.25) is 0 Å². The normalized spacial score (nSPS) is 31.1. The number of fused-ring (bicyclic) bond motifs is 1. The van der Waals surface area contributed by atoms with Crippen molar-refractivity contribution in [2.75, 3.05) is 25.9 Å². The zero-order valence-corrected chi connectivity index (χ0v) is 11.5. The molecule has 0 unspecified atom stereocenters. The van der Waals surface area contributed by atoms with E-state index in [9.17, 15) is 8.42 Å². The molecular weight excluding hydrogens is 236 g/mol. The van der Waals surface area contributed by atoms with Crippen LogP contribution in [0.15, 0.2) is 0 Å². The molecular formula is C12H24N2O2S. The molecule has 2 fully saturated rings. The molecule has 0 radical (unpaired) electrons. The number of hydrogen-bond acceptors (Lipinski definition) is 3. The maximum Gasteiger partial charge on any atom is 0.215 e. The van der Waals surface area contributed by atoms with Gasteiger partial charge in [-0.15, -0.1) is 0 Å². The first-order chi connectivity index (χ1) is 8.15. The second kappa shape index (κ2) is 5.67. The summed E-state index contributed by atoms with van der Waals surface area (Å²) >= 11 is 0. The van der Waals surface area contributed by atoms with E-state index in [4.69, 9.17) is 0 Å². The van der Waals surface area contributed by atoms with Crippen molar-refractivity contribution < 1.29 is 8.42 Å². The molecule has 5 heteroatoms. The Hall–Kier alpha value is -0.130. The van der Waals surface area contributed by atoms with Crippen LogP contribution in [0.25, 0.3) is 0 Å². The molecule has 2 rings (SSSR count). The highest BCUT2D eigenvalue weighted by molar-refractivity contribution is 7.89. The first-order valence-electron chi connectivity index (χ1n) is 6.79. The average Bonchev–Trinajstić information content (AvgIpc) is 2.36. The molecule has 0 aromatic heterocycles. The number of nitrogens with one attached hydrogen (secondary N) is 1. The minimum absolute atomic E-state index is 0.243. The molecule has 2 aliphatic rings. The number of hydrogen-bond donors (Lipinski definition) is 1. The number of rotatable bonds is 4. The van der Waals surface area contributed by atoms with E-state index in [1.54, 1.807) is 7.05 Å². The van der Waals surface area contributed by atoms with E-state index in [2.05, 4.69) is 5.32 Å². The molecule has 0 bridgehead atoms. The standard InChI is InChI=1S/C12H24N2O2S/c1-13-8-10-17(15,16)14-9-4-6-11-5-2-3-7-12(11)14/h11-13H,2-10H2,1H3/t11-,12-/m1/s1. The van der Waals surface area contributed by atoms with E-state index >= 15 is 0 Å². The summed E-state index contributed by atoms with van der Waals surface area (Å²) in [4.78, 5) is 0. The van der Waals surface area contributed by atoms with Crippen LogP contribution in [0.5, 0.6) is 0 Å². The Morgan fingerprint density at radius 1 is 1.18 bits per heavy atom. The molecule has 0 spiro atoms. The molecule has 100 valence electrons. The summed E-state index contributed by atoms with van der Waals surface area (Å²) in [6, 6.07) is 0.305. The van der Waals surface area contributed by atoms with Crippen molar-refractivity contribution in [2.24, 2.45) is 5.92 Å². The fraction of sp³-hybridized carbons (Fsp3) is 1.00. The van der Waals surface area contributed by atoms with E-state index in [0.717, 1.165) is 19.4 Å². The summed E-state index contributed by atoms with van der Waals surface area (Å²) in [5.74, 6) is 0.870. The van der Waals surface area contributed by atoms with Crippen LogP contribution in [-0.2, 0) is 10.0 Å². The molecule has 0 aromatic rings. The van der Waals surface area contributed by atoms with Gasteiger partial charge in [0.1, 0.15) is 0 Å². The summed E-state index contributed by atoms with van der Waals surface area (Å²) in [6.45, 7) is 1.30. The molecule has 4 nitrogen and oxygen atoms in total. The fourth-order valence-electron chi connectivity index (χ4n) is 3.27. The molecule has 1 aliphatic heterocycles. The lowest BCUT2D eigenvalue weighted by Gasteiger charge is -2.43. The third-order valence-corrected chi connectivity index (χ3v) is 6.05. The summed E-state index contributed by atoms with van der Waals surface area (Å²) < 4.78 is 26.4. The highest BCUT2D eigenvalue weighted by Crippen LogP contribution is 2.36. The van der Waals surface area contributed by atoms with Crippen molar-refractivity contribution in [3.05, 3.63) is 0 Å². The van der Waals surface area contributed by atoms with Gasteiger partial charge < -0.3 is 5.32 Å². The van der Waals surface area contributed by atoms with Gasteiger partial charge in [0.2, 0.25) is 10.0 Å². The lowest BCUT2D eigenvalue weighted by atomic mass is 9.79. The predicted octanol–water partition coefficient (Wildman–Crippen LogP) is 1.19. The third-order valence-electron chi connectivity index (χ3n) is 4.16. The highest BCUT2D eigenvalue weighted by Gasteiger charge is 2.38. The highest BCUT2D eigenvalue weighted by atomic mass is 32.2. The van der Waals surface area contributed by atoms with Crippen molar-refractivity contribution in [2.45, 2.75) is 44.6 Å². The van der Waals surface area contributed by atoms with Gasteiger partial charge in [-0.1, -0.05) is 12.8 Å². The van der Waals surface area contributed by atoms with Crippen molar-refractivity contribution >= 4 is 10.0 Å². The number of nitrogens with zero attached hydrogens (tertiary/aromatic N) is 1. The van der Waals surface area contributed by atoms with Gasteiger partial charge >= 0.3 is 0 Å². The maximum atomic E-state index is 12.3. The van der Waals surface area contributed by atoms with Crippen molar-refractivity contribution in [1.82, 2.24) is 9.62 Å². The van der Waals surface area contributed by atoms with E-state index in [1.165, 1.54) is 25.7 Å². The zero-order valence-electron chi connectivity index (χ0n) is 10.7. The maximum absolute atomic E-state index is 12.3. The molecule has 1 heterocycles. The van der Waals surface area contributed by atoms with Gasteiger partial charge in [0, 0.05) is 19.1 Å². The minimum atomic E-state index is -3.05. The molecule has 0 amide bonds. The van der Waals surface area contributed by atoms with Gasteiger partial charge in [-0.2, -0.15) is 4.31 Å². The van der Waals surface area contributed by atoms with Crippen molar-refractivity contribution in [3.8, 4) is 0 Å². The van der Waals surface area contributed by atoms with E-state index in [1.807, 2.05) is 4.31 Å². The Bertz CT molecular complexity index is 340. The van der Waals surface area contributed by atoms with Crippen molar-refractivity contribution in [3.63, 3.8) is 0 Å². The van der Waals surface area contributed by atoms with Crippen LogP contribution in [0, 0.1) is 5.92 Å². The van der Waals surface area contributed by atoms with Gasteiger partial charge in [-0.05, 0) is 38.6 Å². The van der Waals surface area contributed by atoms with Crippen LogP contribution in [-0.4, -0.2) is 44.7 Å². The summed E-state index contributed by atoms with van der Waals surface area (Å²) in [7, 11) is -1.24. The third kappa shape index (κ3) is 3.01. The van der Waals surface area contributed by atoms with E-state index < -0.39 is 10.0 Å². The predicted molar refractivity (Wildman–Crippen MR) is 69.4 cm³/mol. The Balaban J connectivity index is 2.07. The van der Waals surface area contributed by atoms with Crippen LogP contribution >= 0.6 is 0 Å². The quantitative estimate of drug-likeness (QED) is 0.826. The largest absolute Gasteiger partial charge is 0.319 e. The molecule has 1 saturated heterocycles. The summed E-state index contributed by atoms with van der Waals surface area (Å²) in [5, 5.41) is 2.93. The first kappa shape index (κ1) is 13.3. The average molecular weight is 260 g/mol. The first-order valence-corrected chi connectivity index (χ1v) is 8.40. The van der Waals surface area contributed by atoms with Gasteiger partial charge in [0.15, 0.2) is 0 Å². The zero-order chi connectivity index (χ0) is 12.3. The van der Waals surface area contributed by atoms with Crippen molar-refractivity contribution in [1.29, 1.82) is 0 Å². The lowest BCUT2D eigenvalue weighted by molar-refractivity contribution is 0.129. The molecule has 1 saturated carbocycles. The van der Waals surface area contributed by atoms with E-state index in [0.29, 0.717) is 18.5 Å². The topological polar surface area (TPSA) is 49.4 Å². The summed E-state index contributed by atoms with van der Waals surface area (Å²) in [5.41, 5.74) is 0. The molecule has 1 aliphatic carbocycles. The number of piperidine rings is 1. The summed E-state index contributed by atoms with van der Waals surface area (Å²) in [6.07, 6.45) is 7.04. The lowest BCUT2D eigenvalue weighted by Crippen LogP contribution is -2.50. The minimum Gasteiger partial charge on any atom is -0.319 e. The molecule has 2 atom stereocenters. The Morgan fingerprint density at radius 2 is 1.88 bits per heavy atom.